The number of thiophene rings is 1. The van der Waals surface area contributed by atoms with E-state index in [1.807, 2.05) is 29.6 Å². The number of carbonyl (C=O) groups is 1. The van der Waals surface area contributed by atoms with Gasteiger partial charge in [-0.25, -0.2) is 4.98 Å². The number of methoxy groups -OCH3 is 1. The average molecular weight is 355 g/mol. The lowest BCUT2D eigenvalue weighted by Gasteiger charge is -2.24. The van der Waals surface area contributed by atoms with Crippen LogP contribution in [0.2, 0.25) is 0 Å². The number of hydrogen-bond donors (Lipinski definition) is 0. The van der Waals surface area contributed by atoms with Crippen LogP contribution >= 0.6 is 11.3 Å². The van der Waals surface area contributed by atoms with E-state index in [-0.39, 0.29) is 11.8 Å². The minimum atomic E-state index is 0.166. The van der Waals surface area contributed by atoms with Gasteiger partial charge in [-0.3, -0.25) is 4.79 Å². The molecule has 130 valence electrons. The summed E-state index contributed by atoms with van der Waals surface area (Å²) in [7, 11) is 1.71. The van der Waals surface area contributed by atoms with E-state index in [1.165, 1.54) is 10.1 Å². The van der Waals surface area contributed by atoms with Gasteiger partial charge < -0.3 is 14.2 Å². The number of fused-ring (bicyclic) bond motifs is 2. The molecule has 0 saturated carbocycles. The summed E-state index contributed by atoms with van der Waals surface area (Å²) in [5, 5.41) is 3.30. The second-order valence-corrected chi connectivity index (χ2v) is 7.48. The van der Waals surface area contributed by atoms with Crippen molar-refractivity contribution in [1.29, 1.82) is 0 Å². The molecule has 4 rings (SSSR count). The lowest BCUT2D eigenvalue weighted by atomic mass is 10.1. The highest BCUT2D eigenvalue weighted by molar-refractivity contribution is 7.17. The Hall–Kier alpha value is -2.18. The van der Waals surface area contributed by atoms with Gasteiger partial charge in [0.1, 0.15) is 0 Å². The molecular weight excluding hydrogens is 334 g/mol. The quantitative estimate of drug-likeness (QED) is 0.723. The molecule has 1 aromatic carbocycles. The first-order valence-corrected chi connectivity index (χ1v) is 9.33. The fourth-order valence-corrected chi connectivity index (χ4v) is 4.49. The number of carbonyl (C=O) groups excluding carboxylic acids is 1. The maximum atomic E-state index is 13.0. The largest absolute Gasteiger partial charge is 0.384 e. The summed E-state index contributed by atoms with van der Waals surface area (Å²) in [6.45, 7) is 2.81. The summed E-state index contributed by atoms with van der Waals surface area (Å²) < 4.78 is 8.72. The van der Waals surface area contributed by atoms with Crippen LogP contribution in [-0.2, 0) is 29.0 Å². The van der Waals surface area contributed by atoms with Gasteiger partial charge in [-0.15, -0.1) is 11.3 Å². The predicted molar refractivity (Wildman–Crippen MR) is 98.5 cm³/mol. The van der Waals surface area contributed by atoms with Crippen LogP contribution in [0.5, 0.6) is 0 Å². The zero-order chi connectivity index (χ0) is 17.2. The number of ether oxygens (including phenoxy) is 1. The fourth-order valence-electron chi connectivity index (χ4n) is 3.53. The molecule has 2 aromatic heterocycles. The standard InChI is InChI=1S/C19H21N3O2S/c1-24-11-14-8-21(10-16-7-20-13-22(16)9-14)19(23)6-15-12-25-18-5-3-2-4-17(15)18/h2-5,7,12-14H,6,8-11H2,1H3/t14-/m0/s1. The molecule has 0 saturated heterocycles. The van der Waals surface area contributed by atoms with Crippen molar-refractivity contribution in [1.82, 2.24) is 14.5 Å². The number of benzene rings is 1. The van der Waals surface area contributed by atoms with Gasteiger partial charge in [0.25, 0.3) is 0 Å². The van der Waals surface area contributed by atoms with E-state index in [1.54, 1.807) is 18.4 Å². The molecule has 25 heavy (non-hydrogen) atoms. The molecule has 0 unspecified atom stereocenters. The van der Waals surface area contributed by atoms with Gasteiger partial charge in [0, 0.05) is 37.0 Å². The van der Waals surface area contributed by atoms with Crippen molar-refractivity contribution in [3.63, 3.8) is 0 Å². The van der Waals surface area contributed by atoms with Gasteiger partial charge in [-0.2, -0.15) is 0 Å². The molecule has 0 fully saturated rings. The third kappa shape index (κ3) is 3.32. The van der Waals surface area contributed by atoms with E-state index in [0.717, 1.165) is 24.3 Å². The Morgan fingerprint density at radius 3 is 3.12 bits per heavy atom. The van der Waals surface area contributed by atoms with E-state index in [0.29, 0.717) is 19.6 Å². The second kappa shape index (κ2) is 6.98. The topological polar surface area (TPSA) is 47.4 Å². The molecule has 0 spiro atoms. The second-order valence-electron chi connectivity index (χ2n) is 6.57. The maximum absolute atomic E-state index is 13.0. The van der Waals surface area contributed by atoms with Gasteiger partial charge >= 0.3 is 0 Å². The Bertz CT molecular complexity index is 886. The molecule has 0 aliphatic carbocycles. The summed E-state index contributed by atoms with van der Waals surface area (Å²) >= 11 is 1.70. The van der Waals surface area contributed by atoms with Gasteiger partial charge in [-0.1, -0.05) is 18.2 Å². The third-order valence-corrected chi connectivity index (χ3v) is 5.76. The first-order chi connectivity index (χ1) is 12.2. The molecular formula is C19H21N3O2S. The summed E-state index contributed by atoms with van der Waals surface area (Å²) in [6.07, 6.45) is 4.14. The first kappa shape index (κ1) is 16.3. The van der Waals surface area contributed by atoms with Crippen molar-refractivity contribution in [2.75, 3.05) is 20.3 Å². The number of rotatable bonds is 4. The molecule has 0 radical (unpaired) electrons. The molecule has 1 aliphatic rings. The number of aromatic nitrogens is 2. The number of imidazole rings is 1. The number of nitrogens with zero attached hydrogens (tertiary/aromatic N) is 3. The zero-order valence-corrected chi connectivity index (χ0v) is 15.0. The van der Waals surface area contributed by atoms with Crippen LogP contribution < -0.4 is 0 Å². The van der Waals surface area contributed by atoms with Crippen molar-refractivity contribution in [2.24, 2.45) is 5.92 Å². The van der Waals surface area contributed by atoms with Crippen molar-refractivity contribution < 1.29 is 9.53 Å². The average Bonchev–Trinajstić information content (AvgIpc) is 3.18. The van der Waals surface area contributed by atoms with Gasteiger partial charge in [-0.05, 0) is 22.4 Å². The predicted octanol–water partition coefficient (Wildman–Crippen LogP) is 2.95. The zero-order valence-electron chi connectivity index (χ0n) is 14.2. The summed E-state index contributed by atoms with van der Waals surface area (Å²) in [6, 6.07) is 8.27. The minimum absolute atomic E-state index is 0.166. The highest BCUT2D eigenvalue weighted by atomic mass is 32.1. The molecule has 3 aromatic rings. The highest BCUT2D eigenvalue weighted by Gasteiger charge is 2.25. The summed E-state index contributed by atoms with van der Waals surface area (Å²) in [4.78, 5) is 19.2. The van der Waals surface area contributed by atoms with Crippen molar-refractivity contribution >= 4 is 27.3 Å². The monoisotopic (exact) mass is 355 g/mol. The Kier molecular flexibility index (Phi) is 4.55. The van der Waals surface area contributed by atoms with Crippen LogP contribution in [-0.4, -0.2) is 40.6 Å². The molecule has 1 amide bonds. The first-order valence-electron chi connectivity index (χ1n) is 8.45. The molecule has 0 N–H and O–H groups in total. The van der Waals surface area contributed by atoms with Crippen LogP contribution in [0.25, 0.3) is 10.1 Å². The Labute approximate surface area is 150 Å². The lowest BCUT2D eigenvalue weighted by Crippen LogP contribution is -2.36. The molecule has 6 heteroatoms. The van der Waals surface area contributed by atoms with E-state index in [4.69, 9.17) is 4.74 Å². The SMILES string of the molecule is COC[C@H]1CN(C(=O)Cc2csc3ccccc23)Cc2cncn2C1. The Balaban J connectivity index is 1.56. The third-order valence-electron chi connectivity index (χ3n) is 4.74. The number of hydrogen-bond acceptors (Lipinski definition) is 4. The van der Waals surface area contributed by atoms with E-state index < -0.39 is 0 Å². The maximum Gasteiger partial charge on any atom is 0.227 e. The number of amides is 1. The highest BCUT2D eigenvalue weighted by Crippen LogP contribution is 2.27. The van der Waals surface area contributed by atoms with Gasteiger partial charge in [0.05, 0.1) is 31.6 Å². The van der Waals surface area contributed by atoms with Crippen molar-refractivity contribution in [3.05, 3.63) is 53.4 Å². The molecule has 5 nitrogen and oxygen atoms in total. The molecule has 1 atom stereocenters. The van der Waals surface area contributed by atoms with Crippen LogP contribution in [0, 0.1) is 5.92 Å². The van der Waals surface area contributed by atoms with Crippen LogP contribution in [0.4, 0.5) is 0 Å². The lowest BCUT2D eigenvalue weighted by molar-refractivity contribution is -0.131. The van der Waals surface area contributed by atoms with E-state index in [2.05, 4.69) is 27.1 Å². The Morgan fingerprint density at radius 1 is 1.36 bits per heavy atom. The molecule has 1 aliphatic heterocycles. The van der Waals surface area contributed by atoms with Crippen molar-refractivity contribution in [3.8, 4) is 0 Å². The normalized spacial score (nSPS) is 17.5. The van der Waals surface area contributed by atoms with Crippen molar-refractivity contribution in [2.45, 2.75) is 19.5 Å². The Morgan fingerprint density at radius 2 is 2.24 bits per heavy atom. The van der Waals surface area contributed by atoms with Crippen LogP contribution in [0.1, 0.15) is 11.3 Å². The van der Waals surface area contributed by atoms with E-state index >= 15 is 0 Å². The van der Waals surface area contributed by atoms with Crippen LogP contribution in [0.15, 0.2) is 42.2 Å². The fraction of sp³-hybridized carbons (Fsp3) is 0.368. The summed E-state index contributed by atoms with van der Waals surface area (Å²) in [5.41, 5.74) is 2.20. The molecule has 3 heterocycles. The molecule has 0 bridgehead atoms. The van der Waals surface area contributed by atoms with Gasteiger partial charge in [0.15, 0.2) is 0 Å². The van der Waals surface area contributed by atoms with Crippen LogP contribution in [0.3, 0.4) is 0 Å². The van der Waals surface area contributed by atoms with E-state index in [9.17, 15) is 4.79 Å². The van der Waals surface area contributed by atoms with Gasteiger partial charge in [0.2, 0.25) is 5.91 Å². The smallest absolute Gasteiger partial charge is 0.227 e. The summed E-state index contributed by atoms with van der Waals surface area (Å²) in [5.74, 6) is 0.447. The minimum Gasteiger partial charge on any atom is -0.384 e.